The molecular formula is C23H20N4O4S. The number of hydrogen-bond acceptors (Lipinski definition) is 6. The Bertz CT molecular complexity index is 1280. The topological polar surface area (TPSA) is 106 Å². The number of nitrogens with one attached hydrogen (secondary N) is 1. The Morgan fingerprint density at radius 3 is 2.69 bits per heavy atom. The van der Waals surface area contributed by atoms with Crippen LogP contribution in [0.4, 0.5) is 5.69 Å². The van der Waals surface area contributed by atoms with Crippen LogP contribution in [0.25, 0.3) is 10.8 Å². The summed E-state index contributed by atoms with van der Waals surface area (Å²) in [5, 5.41) is 22.8. The van der Waals surface area contributed by atoms with Crippen molar-refractivity contribution in [1.29, 1.82) is 0 Å². The van der Waals surface area contributed by atoms with Crippen LogP contribution in [-0.2, 0) is 18.4 Å². The zero-order valence-corrected chi connectivity index (χ0v) is 18.0. The molecule has 0 spiro atoms. The quantitative estimate of drug-likeness (QED) is 0.393. The first-order chi connectivity index (χ1) is 15.5. The molecule has 1 heterocycles. The summed E-state index contributed by atoms with van der Waals surface area (Å²) in [5.74, 6) is 0.188. The number of fused-ring (bicyclic) bond motifs is 1. The van der Waals surface area contributed by atoms with Gasteiger partial charge in [-0.2, -0.15) is 0 Å². The van der Waals surface area contributed by atoms with Gasteiger partial charge in [0.1, 0.15) is 12.4 Å². The minimum absolute atomic E-state index is 0.105. The van der Waals surface area contributed by atoms with E-state index in [-0.39, 0.29) is 23.8 Å². The van der Waals surface area contributed by atoms with Gasteiger partial charge in [-0.15, -0.1) is 10.2 Å². The van der Waals surface area contributed by atoms with E-state index in [0.29, 0.717) is 16.7 Å². The molecule has 1 aromatic heterocycles. The highest BCUT2D eigenvalue weighted by atomic mass is 32.2. The van der Waals surface area contributed by atoms with Crippen molar-refractivity contribution in [2.45, 2.75) is 11.8 Å². The molecular weight excluding hydrogens is 428 g/mol. The van der Waals surface area contributed by atoms with E-state index in [9.17, 15) is 9.59 Å². The lowest BCUT2D eigenvalue weighted by molar-refractivity contribution is -0.113. The second-order valence-electron chi connectivity index (χ2n) is 6.95. The molecule has 0 fully saturated rings. The molecule has 0 atom stereocenters. The van der Waals surface area contributed by atoms with E-state index < -0.39 is 5.97 Å². The second kappa shape index (κ2) is 9.52. The van der Waals surface area contributed by atoms with Crippen LogP contribution < -0.4 is 10.1 Å². The third kappa shape index (κ3) is 4.89. The van der Waals surface area contributed by atoms with Crippen LogP contribution in [0, 0.1) is 0 Å². The lowest BCUT2D eigenvalue weighted by Gasteiger charge is -2.09. The van der Waals surface area contributed by atoms with Gasteiger partial charge in [0.05, 0.1) is 11.3 Å². The number of hydrogen-bond donors (Lipinski definition) is 2. The number of aromatic nitrogens is 3. The molecule has 9 heteroatoms. The van der Waals surface area contributed by atoms with Crippen molar-refractivity contribution in [3.8, 4) is 5.75 Å². The van der Waals surface area contributed by atoms with Crippen LogP contribution in [-0.4, -0.2) is 37.5 Å². The summed E-state index contributed by atoms with van der Waals surface area (Å²) in [6, 6.07) is 20.0. The minimum atomic E-state index is -1.05. The zero-order chi connectivity index (χ0) is 22.5. The molecule has 162 valence electrons. The number of nitrogens with zero attached hydrogens (tertiary/aromatic N) is 3. The molecule has 0 unspecified atom stereocenters. The largest absolute Gasteiger partial charge is 0.485 e. The predicted octanol–water partition coefficient (Wildman–Crippen LogP) is 3.98. The summed E-state index contributed by atoms with van der Waals surface area (Å²) in [6.45, 7) is 0.242. The molecule has 0 radical (unpaired) electrons. The monoisotopic (exact) mass is 448 g/mol. The lowest BCUT2D eigenvalue weighted by Crippen LogP contribution is -2.15. The third-order valence-corrected chi connectivity index (χ3v) is 5.78. The maximum Gasteiger partial charge on any atom is 0.335 e. The fourth-order valence-electron chi connectivity index (χ4n) is 3.12. The summed E-state index contributed by atoms with van der Waals surface area (Å²) in [5.41, 5.74) is 0.539. The SMILES string of the molecule is Cn1c(COc2cccc3ccccc23)nnc1SCC(=O)Nc1cccc(C(=O)O)c1. The first-order valence-corrected chi connectivity index (χ1v) is 10.7. The van der Waals surface area contributed by atoms with Gasteiger partial charge >= 0.3 is 5.97 Å². The number of rotatable bonds is 8. The van der Waals surface area contributed by atoms with Gasteiger partial charge in [0.15, 0.2) is 11.0 Å². The van der Waals surface area contributed by atoms with Crippen LogP contribution in [0.1, 0.15) is 16.2 Å². The molecule has 4 aromatic rings. The standard InChI is InChI=1S/C23H20N4O4S/c1-27-20(13-31-19-11-5-7-15-6-2-3-10-18(15)19)25-26-23(27)32-14-21(28)24-17-9-4-8-16(12-17)22(29)30/h2-12H,13-14H2,1H3,(H,24,28)(H,29,30). The van der Waals surface area contributed by atoms with Gasteiger partial charge in [-0.3, -0.25) is 4.79 Å². The summed E-state index contributed by atoms with van der Waals surface area (Å²) in [7, 11) is 1.82. The van der Waals surface area contributed by atoms with E-state index in [0.717, 1.165) is 16.5 Å². The highest BCUT2D eigenvalue weighted by molar-refractivity contribution is 7.99. The average molecular weight is 449 g/mol. The first kappa shape index (κ1) is 21.4. The Morgan fingerprint density at radius 2 is 1.84 bits per heavy atom. The highest BCUT2D eigenvalue weighted by Gasteiger charge is 2.13. The van der Waals surface area contributed by atoms with E-state index in [1.165, 1.54) is 23.9 Å². The van der Waals surface area contributed by atoms with Crippen molar-refractivity contribution >= 4 is 40.1 Å². The number of aromatic carboxylic acids is 1. The second-order valence-corrected chi connectivity index (χ2v) is 7.89. The van der Waals surface area contributed by atoms with Crippen molar-refractivity contribution in [3.63, 3.8) is 0 Å². The average Bonchev–Trinajstić information content (AvgIpc) is 3.15. The van der Waals surface area contributed by atoms with Crippen LogP contribution in [0.5, 0.6) is 5.75 Å². The number of amides is 1. The van der Waals surface area contributed by atoms with Crippen molar-refractivity contribution in [2.75, 3.05) is 11.1 Å². The van der Waals surface area contributed by atoms with Crippen molar-refractivity contribution < 1.29 is 19.4 Å². The number of ether oxygens (including phenoxy) is 1. The van der Waals surface area contributed by atoms with Crippen molar-refractivity contribution in [3.05, 3.63) is 78.1 Å². The van der Waals surface area contributed by atoms with E-state index in [1.54, 1.807) is 16.7 Å². The number of carbonyl (C=O) groups is 2. The molecule has 0 bridgehead atoms. The Balaban J connectivity index is 1.35. The fourth-order valence-corrected chi connectivity index (χ4v) is 3.85. The van der Waals surface area contributed by atoms with Gasteiger partial charge in [0.2, 0.25) is 5.91 Å². The highest BCUT2D eigenvalue weighted by Crippen LogP contribution is 2.26. The number of carboxylic acids is 1. The van der Waals surface area contributed by atoms with Crippen LogP contribution >= 0.6 is 11.8 Å². The molecule has 0 saturated heterocycles. The molecule has 8 nitrogen and oxygen atoms in total. The Morgan fingerprint density at radius 1 is 1.06 bits per heavy atom. The van der Waals surface area contributed by atoms with Crippen molar-refractivity contribution in [1.82, 2.24) is 14.8 Å². The minimum Gasteiger partial charge on any atom is -0.485 e. The molecule has 0 aliphatic carbocycles. The number of benzene rings is 3. The zero-order valence-electron chi connectivity index (χ0n) is 17.2. The van der Waals surface area contributed by atoms with Crippen LogP contribution in [0.3, 0.4) is 0 Å². The molecule has 2 N–H and O–H groups in total. The summed E-state index contributed by atoms with van der Waals surface area (Å²) < 4.78 is 7.76. The van der Waals surface area contributed by atoms with E-state index >= 15 is 0 Å². The number of carboxylic acid groups (broad SMARTS) is 1. The maximum atomic E-state index is 12.3. The molecule has 3 aromatic carbocycles. The Labute approximate surface area is 188 Å². The van der Waals surface area contributed by atoms with Crippen molar-refractivity contribution in [2.24, 2.45) is 7.05 Å². The molecule has 32 heavy (non-hydrogen) atoms. The van der Waals surface area contributed by atoms with Gasteiger partial charge in [-0.1, -0.05) is 54.2 Å². The smallest absolute Gasteiger partial charge is 0.335 e. The molecule has 1 amide bonds. The van der Waals surface area contributed by atoms with Crippen LogP contribution in [0.15, 0.2) is 71.9 Å². The fraction of sp³-hybridized carbons (Fsp3) is 0.130. The molecule has 0 aliphatic rings. The number of thioether (sulfide) groups is 1. The maximum absolute atomic E-state index is 12.3. The summed E-state index contributed by atoms with van der Waals surface area (Å²) in [6.07, 6.45) is 0. The van der Waals surface area contributed by atoms with Gasteiger partial charge in [0, 0.05) is 18.1 Å². The Kier molecular flexibility index (Phi) is 6.37. The van der Waals surface area contributed by atoms with E-state index in [1.807, 2.05) is 49.5 Å². The van der Waals surface area contributed by atoms with E-state index in [4.69, 9.17) is 9.84 Å². The normalized spacial score (nSPS) is 10.8. The van der Waals surface area contributed by atoms with Gasteiger partial charge in [-0.25, -0.2) is 4.79 Å². The van der Waals surface area contributed by atoms with Gasteiger partial charge < -0.3 is 19.7 Å². The third-order valence-electron chi connectivity index (χ3n) is 4.76. The Hall–Kier alpha value is -3.85. The van der Waals surface area contributed by atoms with Crippen LogP contribution in [0.2, 0.25) is 0 Å². The number of anilines is 1. The van der Waals surface area contributed by atoms with Gasteiger partial charge in [0.25, 0.3) is 0 Å². The summed E-state index contributed by atoms with van der Waals surface area (Å²) in [4.78, 5) is 23.3. The molecule has 4 rings (SSSR count). The summed E-state index contributed by atoms with van der Waals surface area (Å²) >= 11 is 1.24. The van der Waals surface area contributed by atoms with Gasteiger partial charge in [-0.05, 0) is 29.7 Å². The molecule has 0 aliphatic heterocycles. The predicted molar refractivity (Wildman–Crippen MR) is 122 cm³/mol. The number of carbonyl (C=O) groups excluding carboxylic acids is 1. The van der Waals surface area contributed by atoms with E-state index in [2.05, 4.69) is 15.5 Å². The lowest BCUT2D eigenvalue weighted by atomic mass is 10.1. The first-order valence-electron chi connectivity index (χ1n) is 9.76. The molecule has 0 saturated carbocycles.